The van der Waals surface area contributed by atoms with Crippen LogP contribution in [0.3, 0.4) is 0 Å². The van der Waals surface area contributed by atoms with Crippen molar-refractivity contribution in [3.63, 3.8) is 0 Å². The fourth-order valence-electron chi connectivity index (χ4n) is 3.65. The van der Waals surface area contributed by atoms with Gasteiger partial charge in [-0.1, -0.05) is 13.0 Å². The summed E-state index contributed by atoms with van der Waals surface area (Å²) >= 11 is 0. The minimum atomic E-state index is 0. The van der Waals surface area contributed by atoms with Crippen molar-refractivity contribution in [1.29, 1.82) is 0 Å². The van der Waals surface area contributed by atoms with Gasteiger partial charge in [0.25, 0.3) is 0 Å². The van der Waals surface area contributed by atoms with Crippen molar-refractivity contribution < 1.29 is 0 Å². The van der Waals surface area contributed by atoms with Crippen LogP contribution in [0.5, 0.6) is 0 Å². The summed E-state index contributed by atoms with van der Waals surface area (Å²) in [6, 6.07) is 4.91. The SMILES string of the molecule is CC1CC(c2cccnc2)N(CC2CCNCC2)C1.Cl. The number of halogens is 1. The molecule has 3 heterocycles. The fraction of sp³-hybridized carbons (Fsp3) is 0.688. The van der Waals surface area contributed by atoms with Gasteiger partial charge in [-0.25, -0.2) is 0 Å². The van der Waals surface area contributed by atoms with Gasteiger partial charge in [-0.15, -0.1) is 12.4 Å². The lowest BCUT2D eigenvalue weighted by Gasteiger charge is -2.31. The number of hydrogen-bond acceptors (Lipinski definition) is 3. The van der Waals surface area contributed by atoms with Gasteiger partial charge >= 0.3 is 0 Å². The monoisotopic (exact) mass is 295 g/mol. The largest absolute Gasteiger partial charge is 0.317 e. The summed E-state index contributed by atoms with van der Waals surface area (Å²) in [7, 11) is 0. The number of nitrogens with zero attached hydrogens (tertiary/aromatic N) is 2. The highest BCUT2D eigenvalue weighted by atomic mass is 35.5. The van der Waals surface area contributed by atoms with Gasteiger partial charge in [0.1, 0.15) is 0 Å². The molecule has 0 spiro atoms. The first-order valence-corrected chi connectivity index (χ1v) is 7.67. The number of pyridine rings is 1. The van der Waals surface area contributed by atoms with E-state index < -0.39 is 0 Å². The van der Waals surface area contributed by atoms with Crippen LogP contribution in [0.1, 0.15) is 37.8 Å². The second kappa shape index (κ2) is 7.39. The Hall–Kier alpha value is -0.640. The zero-order valence-corrected chi connectivity index (χ0v) is 13.1. The van der Waals surface area contributed by atoms with Gasteiger partial charge in [-0.05, 0) is 55.8 Å². The molecule has 0 aromatic carbocycles. The van der Waals surface area contributed by atoms with Crippen LogP contribution in [-0.4, -0.2) is 36.1 Å². The van der Waals surface area contributed by atoms with Gasteiger partial charge in [-0.3, -0.25) is 9.88 Å². The maximum Gasteiger partial charge on any atom is 0.0366 e. The summed E-state index contributed by atoms with van der Waals surface area (Å²) in [5.74, 6) is 1.69. The van der Waals surface area contributed by atoms with E-state index in [4.69, 9.17) is 0 Å². The van der Waals surface area contributed by atoms with E-state index in [1.54, 1.807) is 0 Å². The van der Waals surface area contributed by atoms with Crippen LogP contribution in [0.25, 0.3) is 0 Å². The molecule has 0 saturated carbocycles. The van der Waals surface area contributed by atoms with Crippen molar-refractivity contribution in [2.45, 2.75) is 32.2 Å². The highest BCUT2D eigenvalue weighted by Crippen LogP contribution is 2.36. The standard InChI is InChI=1S/C16H25N3.ClH/c1-13-9-16(15-3-2-6-18-10-15)19(11-13)12-14-4-7-17-8-5-14;/h2-3,6,10,13-14,16-17H,4-5,7-9,11-12H2,1H3;1H. The Kier molecular flexibility index (Phi) is 5.82. The number of nitrogens with one attached hydrogen (secondary N) is 1. The number of rotatable bonds is 3. The lowest BCUT2D eigenvalue weighted by atomic mass is 9.96. The Morgan fingerprint density at radius 1 is 1.35 bits per heavy atom. The van der Waals surface area contributed by atoms with Crippen molar-refractivity contribution in [2.75, 3.05) is 26.2 Å². The third kappa shape index (κ3) is 3.72. The fourth-order valence-corrected chi connectivity index (χ4v) is 3.65. The van der Waals surface area contributed by atoms with Crippen LogP contribution >= 0.6 is 12.4 Å². The van der Waals surface area contributed by atoms with Gasteiger partial charge in [0.2, 0.25) is 0 Å². The molecule has 2 atom stereocenters. The summed E-state index contributed by atoms with van der Waals surface area (Å²) in [5.41, 5.74) is 1.40. The predicted octanol–water partition coefficient (Wildman–Crippen LogP) is 2.89. The van der Waals surface area contributed by atoms with Crippen LogP contribution in [-0.2, 0) is 0 Å². The minimum absolute atomic E-state index is 0. The molecular formula is C16H26ClN3. The number of piperidine rings is 1. The molecule has 4 heteroatoms. The van der Waals surface area contributed by atoms with Gasteiger partial charge in [0.05, 0.1) is 0 Å². The van der Waals surface area contributed by atoms with Crippen molar-refractivity contribution in [3.05, 3.63) is 30.1 Å². The average Bonchev–Trinajstić information content (AvgIpc) is 2.82. The zero-order chi connectivity index (χ0) is 13.1. The van der Waals surface area contributed by atoms with Gasteiger partial charge in [0.15, 0.2) is 0 Å². The van der Waals surface area contributed by atoms with Crippen LogP contribution in [0.2, 0.25) is 0 Å². The van der Waals surface area contributed by atoms with Crippen molar-refractivity contribution in [2.24, 2.45) is 11.8 Å². The molecule has 3 rings (SSSR count). The average molecular weight is 296 g/mol. The summed E-state index contributed by atoms with van der Waals surface area (Å²) in [6.07, 6.45) is 7.89. The highest BCUT2D eigenvalue weighted by molar-refractivity contribution is 5.85. The summed E-state index contributed by atoms with van der Waals surface area (Å²) in [4.78, 5) is 7.00. The van der Waals surface area contributed by atoms with Crippen molar-refractivity contribution in [1.82, 2.24) is 15.2 Å². The molecule has 112 valence electrons. The first kappa shape index (κ1) is 15.7. The molecule has 0 aliphatic carbocycles. The van der Waals surface area contributed by atoms with Gasteiger partial charge < -0.3 is 5.32 Å². The Labute approximate surface area is 128 Å². The summed E-state index contributed by atoms with van der Waals surface area (Å²) in [6.45, 7) is 7.30. The lowest BCUT2D eigenvalue weighted by molar-refractivity contribution is 0.190. The molecule has 2 aliphatic rings. The number of hydrogen-bond donors (Lipinski definition) is 1. The molecule has 2 unspecified atom stereocenters. The molecule has 1 aromatic heterocycles. The maximum atomic E-state index is 4.30. The Bertz CT molecular complexity index is 392. The maximum absolute atomic E-state index is 4.30. The molecule has 2 fully saturated rings. The molecule has 20 heavy (non-hydrogen) atoms. The Balaban J connectivity index is 0.00000147. The molecule has 1 aromatic rings. The summed E-state index contributed by atoms with van der Waals surface area (Å²) in [5, 5.41) is 3.46. The van der Waals surface area contributed by atoms with E-state index in [-0.39, 0.29) is 12.4 Å². The van der Waals surface area contributed by atoms with E-state index in [0.29, 0.717) is 6.04 Å². The summed E-state index contributed by atoms with van der Waals surface area (Å²) < 4.78 is 0. The van der Waals surface area contributed by atoms with Gasteiger partial charge in [-0.2, -0.15) is 0 Å². The normalized spacial score (nSPS) is 28.2. The van der Waals surface area contributed by atoms with Crippen LogP contribution in [0.15, 0.2) is 24.5 Å². The van der Waals surface area contributed by atoms with Crippen LogP contribution in [0, 0.1) is 11.8 Å². The van der Waals surface area contributed by atoms with Crippen LogP contribution < -0.4 is 5.32 Å². The zero-order valence-electron chi connectivity index (χ0n) is 12.3. The Morgan fingerprint density at radius 2 is 2.15 bits per heavy atom. The number of aromatic nitrogens is 1. The third-order valence-electron chi connectivity index (χ3n) is 4.63. The highest BCUT2D eigenvalue weighted by Gasteiger charge is 2.32. The lowest BCUT2D eigenvalue weighted by Crippen LogP contribution is -2.36. The smallest absolute Gasteiger partial charge is 0.0366 e. The van der Waals surface area contributed by atoms with E-state index in [0.717, 1.165) is 11.8 Å². The third-order valence-corrected chi connectivity index (χ3v) is 4.63. The second-order valence-electron chi connectivity index (χ2n) is 6.29. The van der Waals surface area contributed by atoms with E-state index >= 15 is 0 Å². The number of likely N-dealkylation sites (tertiary alicyclic amines) is 1. The molecule has 0 amide bonds. The minimum Gasteiger partial charge on any atom is -0.317 e. The molecular weight excluding hydrogens is 270 g/mol. The van der Waals surface area contributed by atoms with E-state index in [1.165, 1.54) is 51.0 Å². The van der Waals surface area contributed by atoms with E-state index in [9.17, 15) is 0 Å². The van der Waals surface area contributed by atoms with Crippen molar-refractivity contribution >= 4 is 12.4 Å². The van der Waals surface area contributed by atoms with E-state index in [1.807, 2.05) is 6.20 Å². The molecule has 0 bridgehead atoms. The Morgan fingerprint density at radius 3 is 2.85 bits per heavy atom. The molecule has 0 radical (unpaired) electrons. The van der Waals surface area contributed by atoms with E-state index in [2.05, 4.69) is 40.5 Å². The van der Waals surface area contributed by atoms with Gasteiger partial charge in [0, 0.05) is 31.5 Å². The first-order valence-electron chi connectivity index (χ1n) is 7.67. The topological polar surface area (TPSA) is 28.2 Å². The predicted molar refractivity (Wildman–Crippen MR) is 85.2 cm³/mol. The molecule has 1 N–H and O–H groups in total. The quantitative estimate of drug-likeness (QED) is 0.929. The molecule has 3 nitrogen and oxygen atoms in total. The first-order chi connectivity index (χ1) is 9.33. The molecule has 2 saturated heterocycles. The van der Waals surface area contributed by atoms with Crippen LogP contribution in [0.4, 0.5) is 0 Å². The molecule has 2 aliphatic heterocycles. The second-order valence-corrected chi connectivity index (χ2v) is 6.29. The van der Waals surface area contributed by atoms with Crippen molar-refractivity contribution in [3.8, 4) is 0 Å².